The molecule has 0 saturated heterocycles. The van der Waals surface area contributed by atoms with Gasteiger partial charge in [-0.25, -0.2) is 0 Å². The van der Waals surface area contributed by atoms with E-state index in [9.17, 15) is 0 Å². The summed E-state index contributed by atoms with van der Waals surface area (Å²) in [5.74, 6) is 0.584. The lowest BCUT2D eigenvalue weighted by Gasteiger charge is -2.09. The Hall–Kier alpha value is -1.46. The van der Waals surface area contributed by atoms with Crippen molar-refractivity contribution in [3.05, 3.63) is 40.9 Å². The molecule has 0 aliphatic heterocycles. The molecule has 21 heavy (non-hydrogen) atoms. The summed E-state index contributed by atoms with van der Waals surface area (Å²) in [6.45, 7) is 1.76. The van der Waals surface area contributed by atoms with Gasteiger partial charge in [0.15, 0.2) is 0 Å². The Morgan fingerprint density at radius 3 is 2.38 bits per heavy atom. The van der Waals surface area contributed by atoms with Crippen molar-refractivity contribution in [2.24, 2.45) is 0 Å². The number of benzene rings is 1. The van der Waals surface area contributed by atoms with Gasteiger partial charge in [-0.15, -0.1) is 10.2 Å². The Bertz CT molecular complexity index is 540. The molecule has 0 saturated carbocycles. The topological polar surface area (TPSA) is 38.2 Å². The zero-order valence-electron chi connectivity index (χ0n) is 12.4. The van der Waals surface area contributed by atoms with Crippen LogP contribution >= 0.6 is 15.9 Å². The van der Waals surface area contributed by atoms with Gasteiger partial charge in [-0.05, 0) is 51.7 Å². The lowest BCUT2D eigenvalue weighted by Crippen LogP contribution is -2.13. The lowest BCUT2D eigenvalue weighted by molar-refractivity contribution is 0.281. The second-order valence-corrected chi connectivity index (χ2v) is 6.04. The van der Waals surface area contributed by atoms with E-state index in [1.54, 1.807) is 0 Å². The van der Waals surface area contributed by atoms with Crippen LogP contribution in [0.25, 0.3) is 11.3 Å². The molecule has 5 heteroatoms. The van der Waals surface area contributed by atoms with Crippen LogP contribution < -0.4 is 4.74 Å². The number of hydrogen-bond donors (Lipinski definition) is 0. The van der Waals surface area contributed by atoms with Crippen LogP contribution in [-0.2, 0) is 0 Å². The number of hydrogen-bond acceptors (Lipinski definition) is 4. The van der Waals surface area contributed by atoms with Gasteiger partial charge in [0.1, 0.15) is 0 Å². The maximum absolute atomic E-state index is 5.60. The number of nitrogens with zero attached hydrogens (tertiary/aromatic N) is 3. The Balaban J connectivity index is 1.83. The zero-order chi connectivity index (χ0) is 15.1. The third kappa shape index (κ3) is 5.44. The molecule has 0 radical (unpaired) electrons. The smallest absolute Gasteiger partial charge is 0.233 e. The minimum atomic E-state index is 0.584. The average Bonchev–Trinajstić information content (AvgIpc) is 2.48. The van der Waals surface area contributed by atoms with Crippen LogP contribution in [0.15, 0.2) is 40.9 Å². The fourth-order valence-corrected chi connectivity index (χ4v) is 2.14. The van der Waals surface area contributed by atoms with Gasteiger partial charge in [0, 0.05) is 16.1 Å². The van der Waals surface area contributed by atoms with E-state index in [4.69, 9.17) is 4.74 Å². The van der Waals surface area contributed by atoms with Crippen LogP contribution in [0.2, 0.25) is 0 Å². The molecule has 0 fully saturated rings. The molecular formula is C16H20BrN3O. The van der Waals surface area contributed by atoms with E-state index in [-0.39, 0.29) is 0 Å². The molecular weight excluding hydrogens is 330 g/mol. The van der Waals surface area contributed by atoms with E-state index < -0.39 is 0 Å². The van der Waals surface area contributed by atoms with E-state index >= 15 is 0 Å². The SMILES string of the molecule is CN(C)CCCCOc1ccc(-c2ccc(Br)cc2)nn1. The molecule has 2 aromatic rings. The quantitative estimate of drug-likeness (QED) is 0.715. The van der Waals surface area contributed by atoms with E-state index in [0.29, 0.717) is 12.5 Å². The minimum Gasteiger partial charge on any atom is -0.477 e. The Labute approximate surface area is 134 Å². The van der Waals surface area contributed by atoms with Gasteiger partial charge in [0.05, 0.1) is 12.3 Å². The van der Waals surface area contributed by atoms with Crippen LogP contribution in [0.1, 0.15) is 12.8 Å². The van der Waals surface area contributed by atoms with Gasteiger partial charge < -0.3 is 9.64 Å². The van der Waals surface area contributed by atoms with Crippen LogP contribution in [-0.4, -0.2) is 42.3 Å². The molecule has 0 N–H and O–H groups in total. The summed E-state index contributed by atoms with van der Waals surface area (Å²) >= 11 is 3.42. The van der Waals surface area contributed by atoms with E-state index in [0.717, 1.165) is 35.1 Å². The summed E-state index contributed by atoms with van der Waals surface area (Å²) in [6.07, 6.45) is 2.14. The number of halogens is 1. The molecule has 1 aromatic heterocycles. The van der Waals surface area contributed by atoms with Crippen molar-refractivity contribution in [1.82, 2.24) is 15.1 Å². The van der Waals surface area contributed by atoms with Crippen LogP contribution in [0.3, 0.4) is 0 Å². The van der Waals surface area contributed by atoms with E-state index in [1.165, 1.54) is 0 Å². The third-order valence-electron chi connectivity index (χ3n) is 3.03. The van der Waals surface area contributed by atoms with Crippen molar-refractivity contribution in [2.75, 3.05) is 27.2 Å². The standard InChI is InChI=1S/C16H20BrN3O/c1-20(2)11-3-4-12-21-16-10-9-15(18-19-16)13-5-7-14(17)8-6-13/h5-10H,3-4,11-12H2,1-2H3. The molecule has 1 aromatic carbocycles. The Kier molecular flexibility index (Phi) is 6.14. The maximum Gasteiger partial charge on any atom is 0.233 e. The maximum atomic E-state index is 5.60. The van der Waals surface area contributed by atoms with Crippen molar-refractivity contribution >= 4 is 15.9 Å². The van der Waals surface area contributed by atoms with Crippen LogP contribution in [0.5, 0.6) is 5.88 Å². The van der Waals surface area contributed by atoms with E-state index in [1.807, 2.05) is 36.4 Å². The average molecular weight is 350 g/mol. The van der Waals surface area contributed by atoms with Crippen molar-refractivity contribution in [3.8, 4) is 17.1 Å². The first-order valence-electron chi connectivity index (χ1n) is 7.02. The van der Waals surface area contributed by atoms with Gasteiger partial charge in [0.25, 0.3) is 0 Å². The predicted octanol–water partition coefficient (Wildman–Crippen LogP) is 3.63. The first kappa shape index (κ1) is 15.9. The normalized spacial score (nSPS) is 10.9. The molecule has 0 aliphatic rings. The van der Waals surface area contributed by atoms with E-state index in [2.05, 4.69) is 45.1 Å². The zero-order valence-corrected chi connectivity index (χ0v) is 14.0. The van der Waals surface area contributed by atoms with Crippen LogP contribution in [0, 0.1) is 0 Å². The molecule has 112 valence electrons. The van der Waals surface area contributed by atoms with Crippen LogP contribution in [0.4, 0.5) is 0 Å². The summed E-state index contributed by atoms with van der Waals surface area (Å²) in [6, 6.07) is 11.8. The lowest BCUT2D eigenvalue weighted by atomic mass is 10.1. The highest BCUT2D eigenvalue weighted by atomic mass is 79.9. The van der Waals surface area contributed by atoms with Crippen molar-refractivity contribution < 1.29 is 4.74 Å². The second-order valence-electron chi connectivity index (χ2n) is 5.12. The van der Waals surface area contributed by atoms with Gasteiger partial charge in [-0.3, -0.25) is 0 Å². The summed E-state index contributed by atoms with van der Waals surface area (Å²) < 4.78 is 6.65. The third-order valence-corrected chi connectivity index (χ3v) is 3.56. The first-order chi connectivity index (χ1) is 10.1. The number of ether oxygens (including phenoxy) is 1. The first-order valence-corrected chi connectivity index (χ1v) is 7.81. The summed E-state index contributed by atoms with van der Waals surface area (Å²) in [5.41, 5.74) is 1.89. The second kappa shape index (κ2) is 8.10. The summed E-state index contributed by atoms with van der Waals surface area (Å²) in [4.78, 5) is 2.17. The molecule has 0 aliphatic carbocycles. The van der Waals surface area contributed by atoms with Gasteiger partial charge in [-0.1, -0.05) is 28.1 Å². The summed E-state index contributed by atoms with van der Waals surface area (Å²) in [7, 11) is 4.15. The molecule has 0 atom stereocenters. The Morgan fingerprint density at radius 1 is 1.00 bits per heavy atom. The predicted molar refractivity (Wildman–Crippen MR) is 88.5 cm³/mol. The molecule has 0 unspecified atom stereocenters. The van der Waals surface area contributed by atoms with Crippen molar-refractivity contribution in [1.29, 1.82) is 0 Å². The summed E-state index contributed by atoms with van der Waals surface area (Å²) in [5, 5.41) is 8.32. The number of aromatic nitrogens is 2. The molecule has 0 amide bonds. The van der Waals surface area contributed by atoms with Crippen molar-refractivity contribution in [3.63, 3.8) is 0 Å². The monoisotopic (exact) mass is 349 g/mol. The highest BCUT2D eigenvalue weighted by molar-refractivity contribution is 9.10. The molecule has 0 bridgehead atoms. The van der Waals surface area contributed by atoms with Gasteiger partial charge in [-0.2, -0.15) is 0 Å². The molecule has 2 rings (SSSR count). The number of rotatable bonds is 7. The Morgan fingerprint density at radius 2 is 1.76 bits per heavy atom. The van der Waals surface area contributed by atoms with Gasteiger partial charge in [0.2, 0.25) is 5.88 Å². The highest BCUT2D eigenvalue weighted by Crippen LogP contribution is 2.20. The highest BCUT2D eigenvalue weighted by Gasteiger charge is 2.02. The fourth-order valence-electron chi connectivity index (χ4n) is 1.88. The number of unbranched alkanes of at least 4 members (excludes halogenated alkanes) is 1. The minimum absolute atomic E-state index is 0.584. The molecule has 1 heterocycles. The van der Waals surface area contributed by atoms with Gasteiger partial charge >= 0.3 is 0 Å². The molecule has 4 nitrogen and oxygen atoms in total. The van der Waals surface area contributed by atoms with Crippen molar-refractivity contribution in [2.45, 2.75) is 12.8 Å². The molecule has 0 spiro atoms. The fraction of sp³-hybridized carbons (Fsp3) is 0.375. The largest absolute Gasteiger partial charge is 0.477 e.